The summed E-state index contributed by atoms with van der Waals surface area (Å²) in [6.07, 6.45) is 1.46. The number of hydrogen-bond donors (Lipinski definition) is 2. The summed E-state index contributed by atoms with van der Waals surface area (Å²) in [5, 5.41) is 8.83. The molecule has 0 saturated carbocycles. The van der Waals surface area contributed by atoms with E-state index >= 15 is 0 Å². The molecule has 0 fully saturated rings. The van der Waals surface area contributed by atoms with Crippen LogP contribution in [-0.2, 0) is 0 Å². The Kier molecular flexibility index (Phi) is 2.55. The van der Waals surface area contributed by atoms with Gasteiger partial charge in [0, 0.05) is 17.4 Å². The van der Waals surface area contributed by atoms with Crippen molar-refractivity contribution in [3.63, 3.8) is 0 Å². The number of carboxylic acid groups (broad SMARTS) is 1. The van der Waals surface area contributed by atoms with Gasteiger partial charge in [-0.3, -0.25) is 0 Å². The first-order valence-electron chi connectivity index (χ1n) is 4.72. The van der Waals surface area contributed by atoms with Crippen molar-refractivity contribution in [1.29, 1.82) is 0 Å². The van der Waals surface area contributed by atoms with Crippen LogP contribution in [0.4, 0.5) is 5.69 Å². The molecule has 0 amide bonds. The average Bonchev–Trinajstić information content (AvgIpc) is 2.30. The van der Waals surface area contributed by atoms with Crippen LogP contribution >= 0.6 is 0 Å². The molecule has 16 heavy (non-hydrogen) atoms. The van der Waals surface area contributed by atoms with Crippen LogP contribution in [0.3, 0.4) is 0 Å². The number of para-hydroxylation sites is 1. The topological polar surface area (TPSA) is 76.2 Å². The predicted molar refractivity (Wildman–Crippen MR) is 61.0 cm³/mol. The SMILES string of the molecule is Nc1ccccc1-c1ccnc(C(=O)O)c1. The van der Waals surface area contributed by atoms with Gasteiger partial charge in [0.1, 0.15) is 5.69 Å². The molecule has 80 valence electrons. The summed E-state index contributed by atoms with van der Waals surface area (Å²) in [6, 6.07) is 10.5. The highest BCUT2D eigenvalue weighted by atomic mass is 16.4. The molecule has 0 aliphatic heterocycles. The van der Waals surface area contributed by atoms with Gasteiger partial charge in [-0.2, -0.15) is 0 Å². The molecule has 0 saturated heterocycles. The Labute approximate surface area is 92.4 Å². The molecule has 0 spiro atoms. The molecule has 2 aromatic rings. The molecule has 4 nitrogen and oxygen atoms in total. The molecule has 0 aliphatic carbocycles. The van der Waals surface area contributed by atoms with Gasteiger partial charge in [0.25, 0.3) is 0 Å². The third-order valence-corrected chi connectivity index (χ3v) is 2.25. The molecule has 0 aliphatic rings. The number of carboxylic acids is 1. The average molecular weight is 214 g/mol. The molecule has 0 bridgehead atoms. The summed E-state index contributed by atoms with van der Waals surface area (Å²) < 4.78 is 0. The van der Waals surface area contributed by atoms with Crippen molar-refractivity contribution >= 4 is 11.7 Å². The first-order chi connectivity index (χ1) is 7.68. The van der Waals surface area contributed by atoms with Gasteiger partial charge in [-0.15, -0.1) is 0 Å². The Bertz CT molecular complexity index is 538. The van der Waals surface area contributed by atoms with E-state index in [-0.39, 0.29) is 5.69 Å². The molecule has 1 aromatic carbocycles. The van der Waals surface area contributed by atoms with Gasteiger partial charge in [-0.05, 0) is 23.8 Å². The highest BCUT2D eigenvalue weighted by Gasteiger charge is 2.07. The zero-order chi connectivity index (χ0) is 11.5. The second-order valence-corrected chi connectivity index (χ2v) is 3.32. The molecule has 1 aromatic heterocycles. The summed E-state index contributed by atoms with van der Waals surface area (Å²) in [5.41, 5.74) is 8.01. The first-order valence-corrected chi connectivity index (χ1v) is 4.72. The summed E-state index contributed by atoms with van der Waals surface area (Å²) in [4.78, 5) is 14.5. The highest BCUT2D eigenvalue weighted by molar-refractivity contribution is 5.88. The van der Waals surface area contributed by atoms with Crippen molar-refractivity contribution in [2.75, 3.05) is 5.73 Å². The molecule has 2 rings (SSSR count). The quantitative estimate of drug-likeness (QED) is 0.750. The Morgan fingerprint density at radius 3 is 2.69 bits per heavy atom. The lowest BCUT2D eigenvalue weighted by molar-refractivity contribution is 0.0690. The number of nitrogen functional groups attached to an aromatic ring is 1. The van der Waals surface area contributed by atoms with Gasteiger partial charge in [0.2, 0.25) is 0 Å². The fourth-order valence-electron chi connectivity index (χ4n) is 1.47. The number of nitrogens with zero attached hydrogens (tertiary/aromatic N) is 1. The van der Waals surface area contributed by atoms with E-state index in [0.29, 0.717) is 5.69 Å². The first kappa shape index (κ1) is 10.2. The van der Waals surface area contributed by atoms with Crippen LogP contribution in [0.5, 0.6) is 0 Å². The Morgan fingerprint density at radius 1 is 1.25 bits per heavy atom. The molecule has 1 heterocycles. The minimum atomic E-state index is -1.05. The normalized spacial score (nSPS) is 10.0. The van der Waals surface area contributed by atoms with Crippen LogP contribution in [-0.4, -0.2) is 16.1 Å². The fraction of sp³-hybridized carbons (Fsp3) is 0. The van der Waals surface area contributed by atoms with Crippen LogP contribution in [0.25, 0.3) is 11.1 Å². The maximum absolute atomic E-state index is 10.8. The fourth-order valence-corrected chi connectivity index (χ4v) is 1.47. The third-order valence-electron chi connectivity index (χ3n) is 2.25. The number of rotatable bonds is 2. The number of aromatic nitrogens is 1. The van der Waals surface area contributed by atoms with E-state index in [1.54, 1.807) is 12.1 Å². The van der Waals surface area contributed by atoms with Gasteiger partial charge in [-0.1, -0.05) is 18.2 Å². The van der Waals surface area contributed by atoms with Crippen LogP contribution < -0.4 is 5.73 Å². The van der Waals surface area contributed by atoms with Crippen molar-refractivity contribution in [2.45, 2.75) is 0 Å². The second kappa shape index (κ2) is 4.02. The van der Waals surface area contributed by atoms with E-state index in [1.165, 1.54) is 12.3 Å². The predicted octanol–water partition coefficient (Wildman–Crippen LogP) is 2.03. The van der Waals surface area contributed by atoms with Gasteiger partial charge in [0.05, 0.1) is 0 Å². The van der Waals surface area contributed by atoms with Crippen LogP contribution in [0, 0.1) is 0 Å². The van der Waals surface area contributed by atoms with E-state index in [0.717, 1.165) is 11.1 Å². The second-order valence-electron chi connectivity index (χ2n) is 3.32. The van der Waals surface area contributed by atoms with Crippen molar-refractivity contribution < 1.29 is 9.90 Å². The van der Waals surface area contributed by atoms with Gasteiger partial charge in [0.15, 0.2) is 0 Å². The number of benzene rings is 1. The van der Waals surface area contributed by atoms with Crippen LogP contribution in [0.1, 0.15) is 10.5 Å². The number of nitrogens with two attached hydrogens (primary N) is 1. The number of hydrogen-bond acceptors (Lipinski definition) is 3. The molecule has 0 unspecified atom stereocenters. The molecule has 4 heteroatoms. The minimum absolute atomic E-state index is 0.0146. The molecular weight excluding hydrogens is 204 g/mol. The van der Waals surface area contributed by atoms with Crippen molar-refractivity contribution in [1.82, 2.24) is 4.98 Å². The van der Waals surface area contributed by atoms with Crippen molar-refractivity contribution in [3.8, 4) is 11.1 Å². The largest absolute Gasteiger partial charge is 0.477 e. The molecule has 3 N–H and O–H groups in total. The summed E-state index contributed by atoms with van der Waals surface area (Å²) in [7, 11) is 0. The third kappa shape index (κ3) is 1.86. The van der Waals surface area contributed by atoms with Crippen molar-refractivity contribution in [3.05, 3.63) is 48.3 Å². The van der Waals surface area contributed by atoms with E-state index in [1.807, 2.05) is 18.2 Å². The smallest absolute Gasteiger partial charge is 0.354 e. The lowest BCUT2D eigenvalue weighted by atomic mass is 10.0. The molecular formula is C12H10N2O2. The van der Waals surface area contributed by atoms with E-state index < -0.39 is 5.97 Å². The maximum atomic E-state index is 10.8. The zero-order valence-electron chi connectivity index (χ0n) is 8.42. The zero-order valence-corrected chi connectivity index (χ0v) is 8.42. The summed E-state index contributed by atoms with van der Waals surface area (Å²) in [6.45, 7) is 0. The Balaban J connectivity index is 2.53. The van der Waals surface area contributed by atoms with E-state index in [9.17, 15) is 4.79 Å². The van der Waals surface area contributed by atoms with Gasteiger partial charge < -0.3 is 10.8 Å². The summed E-state index contributed by atoms with van der Waals surface area (Å²) >= 11 is 0. The van der Waals surface area contributed by atoms with Crippen molar-refractivity contribution in [2.24, 2.45) is 0 Å². The van der Waals surface area contributed by atoms with Gasteiger partial charge >= 0.3 is 5.97 Å². The maximum Gasteiger partial charge on any atom is 0.354 e. The number of pyridine rings is 1. The van der Waals surface area contributed by atoms with Crippen LogP contribution in [0.15, 0.2) is 42.6 Å². The minimum Gasteiger partial charge on any atom is -0.477 e. The Morgan fingerprint density at radius 2 is 2.00 bits per heavy atom. The number of aromatic carboxylic acids is 1. The van der Waals surface area contributed by atoms with Crippen LogP contribution in [0.2, 0.25) is 0 Å². The monoisotopic (exact) mass is 214 g/mol. The van der Waals surface area contributed by atoms with E-state index in [2.05, 4.69) is 4.98 Å². The standard InChI is InChI=1S/C12H10N2O2/c13-10-4-2-1-3-9(10)8-5-6-14-11(7-8)12(15)16/h1-7H,13H2,(H,15,16). The summed E-state index contributed by atoms with van der Waals surface area (Å²) in [5.74, 6) is -1.05. The lowest BCUT2D eigenvalue weighted by Crippen LogP contribution is -2.00. The Hall–Kier alpha value is -2.36. The number of carbonyl (C=O) groups is 1. The van der Waals surface area contributed by atoms with Gasteiger partial charge in [-0.25, -0.2) is 9.78 Å². The molecule has 0 atom stereocenters. The van der Waals surface area contributed by atoms with E-state index in [4.69, 9.17) is 10.8 Å². The molecule has 0 radical (unpaired) electrons. The highest BCUT2D eigenvalue weighted by Crippen LogP contribution is 2.25. The lowest BCUT2D eigenvalue weighted by Gasteiger charge is -2.05. The number of anilines is 1.